The summed E-state index contributed by atoms with van der Waals surface area (Å²) in [6, 6.07) is 10.9. The fraction of sp³-hybridized carbons (Fsp3) is 0.154. The minimum atomic E-state index is -0.287. The zero-order valence-electron chi connectivity index (χ0n) is 9.32. The van der Waals surface area contributed by atoms with Gasteiger partial charge in [-0.25, -0.2) is 0 Å². The molecule has 1 aromatic heterocycles. The number of rotatable bonds is 2. The first-order chi connectivity index (χ1) is 8.08. The molecule has 2 aromatic rings. The molecule has 2 rings (SSSR count). The molecular weight excluding hydrogens is 255 g/mol. The van der Waals surface area contributed by atoms with Gasteiger partial charge in [0.1, 0.15) is 0 Å². The molecule has 17 heavy (non-hydrogen) atoms. The van der Waals surface area contributed by atoms with Crippen LogP contribution < -0.4 is 5.73 Å². The Kier molecular flexibility index (Phi) is 3.67. The van der Waals surface area contributed by atoms with E-state index in [0.717, 1.165) is 17.0 Å². The average Bonchev–Trinajstić information content (AvgIpc) is 2.32. The van der Waals surface area contributed by atoms with Crippen molar-refractivity contribution >= 4 is 23.2 Å². The number of nitrogens with two attached hydrogens (primary N) is 1. The first kappa shape index (κ1) is 12.4. The van der Waals surface area contributed by atoms with Gasteiger partial charge < -0.3 is 5.73 Å². The molecule has 0 aliphatic heterocycles. The minimum Gasteiger partial charge on any atom is -0.319 e. The lowest BCUT2D eigenvalue weighted by molar-refractivity contribution is 0.822. The molecule has 2 N–H and O–H groups in total. The van der Waals surface area contributed by atoms with Gasteiger partial charge in [-0.2, -0.15) is 0 Å². The Morgan fingerprint density at radius 3 is 2.53 bits per heavy atom. The topological polar surface area (TPSA) is 38.9 Å². The van der Waals surface area contributed by atoms with Crippen LogP contribution in [0.1, 0.15) is 23.0 Å². The van der Waals surface area contributed by atoms with E-state index in [-0.39, 0.29) is 6.04 Å². The SMILES string of the molecule is Cc1cccc(C(N)c2ccc(Cl)c(Cl)c2)n1. The smallest absolute Gasteiger partial charge is 0.0727 e. The number of nitrogens with zero attached hydrogens (tertiary/aromatic N) is 1. The lowest BCUT2D eigenvalue weighted by atomic mass is 10.0. The molecule has 1 heterocycles. The molecular formula is C13H12Cl2N2. The summed E-state index contributed by atoms with van der Waals surface area (Å²) in [7, 11) is 0. The van der Waals surface area contributed by atoms with Gasteiger partial charge in [-0.3, -0.25) is 4.98 Å². The van der Waals surface area contributed by atoms with Crippen LogP contribution in [0.2, 0.25) is 10.0 Å². The molecule has 0 fully saturated rings. The maximum absolute atomic E-state index is 6.14. The van der Waals surface area contributed by atoms with Gasteiger partial charge in [0, 0.05) is 5.69 Å². The molecule has 0 spiro atoms. The molecule has 0 saturated carbocycles. The van der Waals surface area contributed by atoms with Crippen LogP contribution in [0.3, 0.4) is 0 Å². The Morgan fingerprint density at radius 1 is 1.12 bits per heavy atom. The monoisotopic (exact) mass is 266 g/mol. The van der Waals surface area contributed by atoms with Crippen LogP contribution in [0.25, 0.3) is 0 Å². The summed E-state index contributed by atoms with van der Waals surface area (Å²) in [4.78, 5) is 4.40. The Bertz CT molecular complexity index is 541. The first-order valence-electron chi connectivity index (χ1n) is 5.22. The molecule has 4 heteroatoms. The number of aryl methyl sites for hydroxylation is 1. The Balaban J connectivity index is 2.36. The summed E-state index contributed by atoms with van der Waals surface area (Å²) in [5, 5.41) is 1.03. The van der Waals surface area contributed by atoms with Crippen LogP contribution in [0.15, 0.2) is 36.4 Å². The van der Waals surface area contributed by atoms with Crippen LogP contribution in [-0.4, -0.2) is 4.98 Å². The summed E-state index contributed by atoms with van der Waals surface area (Å²) in [6.07, 6.45) is 0. The van der Waals surface area contributed by atoms with Gasteiger partial charge in [0.05, 0.1) is 21.8 Å². The van der Waals surface area contributed by atoms with Crippen molar-refractivity contribution in [2.24, 2.45) is 5.73 Å². The van der Waals surface area contributed by atoms with E-state index in [9.17, 15) is 0 Å². The highest BCUT2D eigenvalue weighted by atomic mass is 35.5. The van der Waals surface area contributed by atoms with Crippen LogP contribution in [0.4, 0.5) is 0 Å². The summed E-state index contributed by atoms with van der Waals surface area (Å²) < 4.78 is 0. The third kappa shape index (κ3) is 2.78. The summed E-state index contributed by atoms with van der Waals surface area (Å²) >= 11 is 11.8. The van der Waals surface area contributed by atoms with Crippen LogP contribution in [0.5, 0.6) is 0 Å². The van der Waals surface area contributed by atoms with Gasteiger partial charge in [0.15, 0.2) is 0 Å². The van der Waals surface area contributed by atoms with Gasteiger partial charge in [-0.1, -0.05) is 35.3 Å². The Labute approximate surface area is 110 Å². The second kappa shape index (κ2) is 5.05. The van der Waals surface area contributed by atoms with Crippen molar-refractivity contribution < 1.29 is 0 Å². The second-order valence-corrected chi connectivity index (χ2v) is 4.67. The van der Waals surface area contributed by atoms with E-state index < -0.39 is 0 Å². The molecule has 2 nitrogen and oxygen atoms in total. The Morgan fingerprint density at radius 2 is 1.88 bits per heavy atom. The largest absolute Gasteiger partial charge is 0.319 e. The van der Waals surface area contributed by atoms with Crippen molar-refractivity contribution in [3.05, 3.63) is 63.4 Å². The molecule has 0 aliphatic carbocycles. The zero-order valence-corrected chi connectivity index (χ0v) is 10.8. The minimum absolute atomic E-state index is 0.287. The van der Waals surface area contributed by atoms with Crippen LogP contribution in [-0.2, 0) is 0 Å². The maximum atomic E-state index is 6.14. The highest BCUT2D eigenvalue weighted by Crippen LogP contribution is 2.27. The van der Waals surface area contributed by atoms with E-state index in [0.29, 0.717) is 10.0 Å². The van der Waals surface area contributed by atoms with Crippen molar-refractivity contribution in [1.29, 1.82) is 0 Å². The fourth-order valence-corrected chi connectivity index (χ4v) is 1.92. The van der Waals surface area contributed by atoms with Gasteiger partial charge >= 0.3 is 0 Å². The van der Waals surface area contributed by atoms with Crippen LogP contribution in [0, 0.1) is 6.92 Å². The lowest BCUT2D eigenvalue weighted by Crippen LogP contribution is -2.13. The summed E-state index contributed by atoms with van der Waals surface area (Å²) in [5.74, 6) is 0. The predicted molar refractivity (Wildman–Crippen MR) is 71.5 cm³/mol. The third-order valence-corrected chi connectivity index (χ3v) is 3.27. The number of hydrogen-bond acceptors (Lipinski definition) is 2. The van der Waals surface area contributed by atoms with Gasteiger partial charge in [-0.15, -0.1) is 0 Å². The molecule has 0 amide bonds. The van der Waals surface area contributed by atoms with Gasteiger partial charge in [-0.05, 0) is 36.8 Å². The zero-order chi connectivity index (χ0) is 12.4. The van der Waals surface area contributed by atoms with E-state index in [1.165, 1.54) is 0 Å². The number of benzene rings is 1. The summed E-state index contributed by atoms with van der Waals surface area (Å²) in [6.45, 7) is 1.94. The number of hydrogen-bond donors (Lipinski definition) is 1. The van der Waals surface area contributed by atoms with Crippen molar-refractivity contribution in [1.82, 2.24) is 4.98 Å². The van der Waals surface area contributed by atoms with E-state index in [2.05, 4.69) is 4.98 Å². The maximum Gasteiger partial charge on any atom is 0.0727 e. The average molecular weight is 267 g/mol. The van der Waals surface area contributed by atoms with Crippen LogP contribution >= 0.6 is 23.2 Å². The van der Waals surface area contributed by atoms with E-state index in [1.54, 1.807) is 12.1 Å². The highest BCUT2D eigenvalue weighted by molar-refractivity contribution is 6.42. The van der Waals surface area contributed by atoms with Crippen molar-refractivity contribution in [2.45, 2.75) is 13.0 Å². The van der Waals surface area contributed by atoms with E-state index in [1.807, 2.05) is 31.2 Å². The first-order valence-corrected chi connectivity index (χ1v) is 5.97. The number of pyridine rings is 1. The second-order valence-electron chi connectivity index (χ2n) is 3.86. The number of halogens is 2. The number of aromatic nitrogens is 1. The quantitative estimate of drug-likeness (QED) is 0.900. The van der Waals surface area contributed by atoms with Crippen molar-refractivity contribution in [3.63, 3.8) is 0 Å². The standard InChI is InChI=1S/C13H12Cl2N2/c1-8-3-2-4-12(17-8)13(16)9-5-6-10(14)11(15)7-9/h2-7,13H,16H2,1H3. The molecule has 1 unspecified atom stereocenters. The van der Waals surface area contributed by atoms with E-state index in [4.69, 9.17) is 28.9 Å². The fourth-order valence-electron chi connectivity index (χ4n) is 1.61. The molecule has 0 radical (unpaired) electrons. The van der Waals surface area contributed by atoms with Crippen molar-refractivity contribution in [3.8, 4) is 0 Å². The third-order valence-electron chi connectivity index (χ3n) is 2.53. The molecule has 1 atom stereocenters. The normalized spacial score (nSPS) is 12.5. The molecule has 0 aliphatic rings. The Hall–Kier alpha value is -1.09. The molecule has 0 saturated heterocycles. The van der Waals surface area contributed by atoms with Gasteiger partial charge in [0.2, 0.25) is 0 Å². The summed E-state index contributed by atoms with van der Waals surface area (Å²) in [5.41, 5.74) is 8.81. The lowest BCUT2D eigenvalue weighted by Gasteiger charge is -2.12. The van der Waals surface area contributed by atoms with Gasteiger partial charge in [0.25, 0.3) is 0 Å². The van der Waals surface area contributed by atoms with E-state index >= 15 is 0 Å². The van der Waals surface area contributed by atoms with Crippen molar-refractivity contribution in [2.75, 3.05) is 0 Å². The molecule has 88 valence electrons. The molecule has 0 bridgehead atoms. The molecule has 1 aromatic carbocycles. The predicted octanol–water partition coefficient (Wildman–Crippen LogP) is 3.74. The highest BCUT2D eigenvalue weighted by Gasteiger charge is 2.11.